The van der Waals surface area contributed by atoms with Crippen molar-refractivity contribution in [2.24, 2.45) is 0 Å². The van der Waals surface area contributed by atoms with E-state index in [2.05, 4.69) is 61.3 Å². The normalized spacial score (nSPS) is 21.7. The van der Waals surface area contributed by atoms with Gasteiger partial charge in [-0.2, -0.15) is 0 Å². The number of pyridine rings is 1. The van der Waals surface area contributed by atoms with Gasteiger partial charge in [-0.15, -0.1) is 0 Å². The Labute approximate surface area is 194 Å². The van der Waals surface area contributed by atoms with Crippen LogP contribution in [0.25, 0.3) is 11.1 Å². The number of fused-ring (bicyclic) bond motifs is 2. The van der Waals surface area contributed by atoms with E-state index >= 15 is 0 Å². The van der Waals surface area contributed by atoms with Gasteiger partial charge in [-0.25, -0.2) is 9.37 Å². The van der Waals surface area contributed by atoms with Crippen LogP contribution < -0.4 is 0 Å². The smallest absolute Gasteiger partial charge is 0.272 e. The third-order valence-electron chi connectivity index (χ3n) is 7.40. The number of carbonyl (C=O) groups excluding carboxylic acids is 1. The van der Waals surface area contributed by atoms with Crippen molar-refractivity contribution in [2.45, 2.75) is 43.9 Å². The topological polar surface area (TPSA) is 53.4 Å². The molecule has 0 radical (unpaired) electrons. The standard InChI is InChI=1S/C28H29FN2O2/c1-18(2)22-5-3-4-6-23(22)19-7-9-25-24(13-19)20(16-32)14-28(25)11-12-31(17-28)27(33)26-10-8-21(29)15-30-26/h3-10,13,15,18,20,32H,11-12,14,16-17H2,1-2H3. The number of amides is 1. The van der Waals surface area contributed by atoms with Gasteiger partial charge in [-0.05, 0) is 58.7 Å². The van der Waals surface area contributed by atoms with E-state index in [0.717, 1.165) is 19.0 Å². The van der Waals surface area contributed by atoms with Crippen molar-refractivity contribution >= 4 is 5.91 Å². The Hall–Kier alpha value is -3.05. The zero-order valence-electron chi connectivity index (χ0n) is 19.1. The number of rotatable bonds is 4. The van der Waals surface area contributed by atoms with Crippen LogP contribution in [0.5, 0.6) is 0 Å². The summed E-state index contributed by atoms with van der Waals surface area (Å²) in [5.74, 6) is -0.132. The predicted molar refractivity (Wildman–Crippen MR) is 127 cm³/mol. The van der Waals surface area contributed by atoms with Gasteiger partial charge in [0.2, 0.25) is 0 Å². The molecule has 2 aliphatic rings. The number of halogens is 1. The molecule has 5 heteroatoms. The van der Waals surface area contributed by atoms with Gasteiger partial charge >= 0.3 is 0 Å². The highest BCUT2D eigenvalue weighted by Gasteiger charge is 2.48. The van der Waals surface area contributed by atoms with Gasteiger partial charge in [0.25, 0.3) is 5.91 Å². The third-order valence-corrected chi connectivity index (χ3v) is 7.40. The Morgan fingerprint density at radius 2 is 2.03 bits per heavy atom. The number of aromatic nitrogens is 1. The van der Waals surface area contributed by atoms with Gasteiger partial charge in [0.15, 0.2) is 0 Å². The molecule has 1 N–H and O–H groups in total. The Balaban J connectivity index is 1.47. The molecule has 170 valence electrons. The summed E-state index contributed by atoms with van der Waals surface area (Å²) >= 11 is 0. The zero-order chi connectivity index (χ0) is 23.2. The lowest BCUT2D eigenvalue weighted by Gasteiger charge is -2.26. The molecule has 1 saturated heterocycles. The maximum atomic E-state index is 13.2. The van der Waals surface area contributed by atoms with E-state index in [1.54, 1.807) is 0 Å². The van der Waals surface area contributed by atoms with Crippen LogP contribution >= 0.6 is 0 Å². The van der Waals surface area contributed by atoms with E-state index in [4.69, 9.17) is 0 Å². The van der Waals surface area contributed by atoms with Gasteiger partial charge in [-0.1, -0.05) is 56.3 Å². The van der Waals surface area contributed by atoms with Crippen molar-refractivity contribution in [1.82, 2.24) is 9.88 Å². The fraction of sp³-hybridized carbons (Fsp3) is 0.357. The average molecular weight is 445 g/mol. The molecular weight excluding hydrogens is 415 g/mol. The molecule has 2 atom stereocenters. The van der Waals surface area contributed by atoms with Crippen LogP contribution in [0, 0.1) is 5.82 Å². The second-order valence-corrected chi connectivity index (χ2v) is 9.75. The number of aliphatic hydroxyl groups is 1. The lowest BCUT2D eigenvalue weighted by Crippen LogP contribution is -2.34. The highest BCUT2D eigenvalue weighted by molar-refractivity contribution is 5.92. The van der Waals surface area contributed by atoms with E-state index in [1.807, 2.05) is 4.90 Å². The monoisotopic (exact) mass is 444 g/mol. The van der Waals surface area contributed by atoms with E-state index < -0.39 is 5.82 Å². The van der Waals surface area contributed by atoms with E-state index in [0.29, 0.717) is 19.0 Å². The molecule has 5 rings (SSSR count). The lowest BCUT2D eigenvalue weighted by atomic mass is 9.80. The molecule has 1 spiro atoms. The van der Waals surface area contributed by atoms with Crippen molar-refractivity contribution in [3.05, 3.63) is 89.0 Å². The molecule has 1 aromatic heterocycles. The summed E-state index contributed by atoms with van der Waals surface area (Å²) in [5.41, 5.74) is 6.28. The van der Waals surface area contributed by atoms with E-state index in [-0.39, 0.29) is 29.5 Å². The van der Waals surface area contributed by atoms with Crippen LogP contribution in [0.3, 0.4) is 0 Å². The number of benzene rings is 2. The lowest BCUT2D eigenvalue weighted by molar-refractivity contribution is 0.0776. The van der Waals surface area contributed by atoms with Gasteiger partial charge < -0.3 is 10.0 Å². The molecule has 2 unspecified atom stereocenters. The number of nitrogens with zero attached hydrogens (tertiary/aromatic N) is 2. The Kier molecular flexibility index (Phi) is 5.53. The van der Waals surface area contributed by atoms with Crippen molar-refractivity contribution < 1.29 is 14.3 Å². The van der Waals surface area contributed by atoms with Crippen LogP contribution in [-0.2, 0) is 5.41 Å². The highest BCUT2D eigenvalue weighted by Crippen LogP contribution is 2.52. The molecule has 0 saturated carbocycles. The SMILES string of the molecule is CC(C)c1ccccc1-c1ccc2c(c1)C(CO)CC21CCN(C(=O)c2ccc(F)cn2)C1. The summed E-state index contributed by atoms with van der Waals surface area (Å²) in [5, 5.41) is 10.2. The van der Waals surface area contributed by atoms with Gasteiger partial charge in [0, 0.05) is 31.0 Å². The average Bonchev–Trinajstić information content (AvgIpc) is 3.40. The second-order valence-electron chi connectivity index (χ2n) is 9.75. The van der Waals surface area contributed by atoms with Gasteiger partial charge in [-0.3, -0.25) is 4.79 Å². The Morgan fingerprint density at radius 1 is 1.21 bits per heavy atom. The number of hydrogen-bond acceptors (Lipinski definition) is 3. The summed E-state index contributed by atoms with van der Waals surface area (Å²) < 4.78 is 13.2. The maximum Gasteiger partial charge on any atom is 0.272 e. The maximum absolute atomic E-state index is 13.2. The second kappa shape index (κ2) is 8.38. The Morgan fingerprint density at radius 3 is 2.76 bits per heavy atom. The largest absolute Gasteiger partial charge is 0.396 e. The fourth-order valence-corrected chi connectivity index (χ4v) is 5.77. The van der Waals surface area contributed by atoms with Crippen molar-refractivity contribution in [2.75, 3.05) is 19.7 Å². The molecule has 2 heterocycles. The minimum atomic E-state index is -0.449. The van der Waals surface area contributed by atoms with Gasteiger partial charge in [0.1, 0.15) is 11.5 Å². The third kappa shape index (κ3) is 3.74. The Bertz CT molecular complexity index is 1190. The molecule has 1 aliphatic heterocycles. The molecule has 1 aliphatic carbocycles. The van der Waals surface area contributed by atoms with Crippen LogP contribution in [0.1, 0.15) is 65.7 Å². The predicted octanol–water partition coefficient (Wildman–Crippen LogP) is 5.27. The van der Waals surface area contributed by atoms with Crippen LogP contribution in [0.2, 0.25) is 0 Å². The fourth-order valence-electron chi connectivity index (χ4n) is 5.77. The van der Waals surface area contributed by atoms with E-state index in [1.165, 1.54) is 39.9 Å². The van der Waals surface area contributed by atoms with Crippen LogP contribution in [0.15, 0.2) is 60.8 Å². The minimum Gasteiger partial charge on any atom is -0.396 e. The summed E-state index contributed by atoms with van der Waals surface area (Å²) in [6.45, 7) is 5.73. The van der Waals surface area contributed by atoms with Crippen molar-refractivity contribution in [3.63, 3.8) is 0 Å². The summed E-state index contributed by atoms with van der Waals surface area (Å²) in [4.78, 5) is 18.8. The quantitative estimate of drug-likeness (QED) is 0.596. The zero-order valence-corrected chi connectivity index (χ0v) is 19.1. The molecule has 0 bridgehead atoms. The molecule has 2 aromatic carbocycles. The summed E-state index contributed by atoms with van der Waals surface area (Å²) in [7, 11) is 0. The number of aliphatic hydroxyl groups excluding tert-OH is 1. The number of hydrogen-bond donors (Lipinski definition) is 1. The highest BCUT2D eigenvalue weighted by atomic mass is 19.1. The van der Waals surface area contributed by atoms with Crippen LogP contribution in [-0.4, -0.2) is 40.6 Å². The first-order chi connectivity index (χ1) is 15.9. The molecule has 1 fully saturated rings. The molecule has 4 nitrogen and oxygen atoms in total. The first kappa shape index (κ1) is 21.8. The molecular formula is C28H29FN2O2. The minimum absolute atomic E-state index is 0.0603. The molecule has 3 aromatic rings. The summed E-state index contributed by atoms with van der Waals surface area (Å²) in [6.07, 6.45) is 2.77. The first-order valence-corrected chi connectivity index (χ1v) is 11.7. The van der Waals surface area contributed by atoms with Crippen molar-refractivity contribution in [1.29, 1.82) is 0 Å². The molecule has 33 heavy (non-hydrogen) atoms. The number of likely N-dealkylation sites (tertiary alicyclic amines) is 1. The molecule has 1 amide bonds. The van der Waals surface area contributed by atoms with Crippen molar-refractivity contribution in [3.8, 4) is 11.1 Å². The number of carbonyl (C=O) groups is 1. The van der Waals surface area contributed by atoms with Gasteiger partial charge in [0.05, 0.1) is 6.20 Å². The first-order valence-electron chi connectivity index (χ1n) is 11.7. The van der Waals surface area contributed by atoms with Crippen LogP contribution in [0.4, 0.5) is 4.39 Å². The summed E-state index contributed by atoms with van der Waals surface area (Å²) in [6, 6.07) is 17.9. The van der Waals surface area contributed by atoms with E-state index in [9.17, 15) is 14.3 Å².